The third-order valence-electron chi connectivity index (χ3n) is 3.14. The number of aromatic amines is 1. The highest BCUT2D eigenvalue weighted by molar-refractivity contribution is 7.71. The quantitative estimate of drug-likeness (QED) is 0.789. The van der Waals surface area contributed by atoms with E-state index < -0.39 is 0 Å². The van der Waals surface area contributed by atoms with Gasteiger partial charge < -0.3 is 9.55 Å². The van der Waals surface area contributed by atoms with Gasteiger partial charge >= 0.3 is 0 Å². The Labute approximate surface area is 105 Å². The molecule has 1 atom stereocenters. The van der Waals surface area contributed by atoms with Gasteiger partial charge in [-0.05, 0) is 43.3 Å². The van der Waals surface area contributed by atoms with Crippen molar-refractivity contribution in [2.24, 2.45) is 0 Å². The van der Waals surface area contributed by atoms with E-state index in [4.69, 9.17) is 12.2 Å². The number of halogens is 1. The van der Waals surface area contributed by atoms with Gasteiger partial charge in [0.15, 0.2) is 4.77 Å². The largest absolute Gasteiger partial charge is 0.330 e. The van der Waals surface area contributed by atoms with Crippen molar-refractivity contribution >= 4 is 23.3 Å². The molecule has 4 heteroatoms. The Bertz CT molecular complexity index is 570. The predicted molar refractivity (Wildman–Crippen MR) is 71.3 cm³/mol. The van der Waals surface area contributed by atoms with Crippen LogP contribution in [-0.4, -0.2) is 9.55 Å². The van der Waals surface area contributed by atoms with Crippen molar-refractivity contribution in [3.8, 4) is 0 Å². The Morgan fingerprint density at radius 1 is 1.41 bits per heavy atom. The van der Waals surface area contributed by atoms with Crippen LogP contribution in [0.25, 0.3) is 11.0 Å². The molecule has 2 aromatic rings. The number of H-pyrrole nitrogens is 1. The third kappa shape index (κ3) is 2.27. The zero-order valence-corrected chi connectivity index (χ0v) is 11.0. The molecule has 0 saturated carbocycles. The predicted octanol–water partition coefficient (Wildman–Crippen LogP) is 4.59. The molecule has 0 radical (unpaired) electrons. The number of aromatic nitrogens is 2. The Hall–Kier alpha value is -1.16. The second kappa shape index (κ2) is 5.00. The van der Waals surface area contributed by atoms with Crippen LogP contribution < -0.4 is 0 Å². The standard InChI is InChI=1S/C13H17FN2S/c1-3-5-10(4-2)16-12-7-6-9(14)8-11(12)15-13(16)17/h6-8,10H,3-5H2,1-2H3,(H,15,17). The van der Waals surface area contributed by atoms with Gasteiger partial charge in [0.25, 0.3) is 0 Å². The maximum atomic E-state index is 13.1. The molecule has 2 rings (SSSR count). The molecule has 92 valence electrons. The van der Waals surface area contributed by atoms with Crippen molar-refractivity contribution in [3.63, 3.8) is 0 Å². The highest BCUT2D eigenvalue weighted by Gasteiger charge is 2.13. The molecular formula is C13H17FN2S. The molecule has 0 saturated heterocycles. The summed E-state index contributed by atoms with van der Waals surface area (Å²) in [5.74, 6) is -0.232. The average Bonchev–Trinajstić information content (AvgIpc) is 2.61. The smallest absolute Gasteiger partial charge is 0.178 e. The molecule has 1 heterocycles. The number of fused-ring (bicyclic) bond motifs is 1. The second-order valence-corrected chi connectivity index (χ2v) is 4.70. The molecule has 0 aliphatic carbocycles. The summed E-state index contributed by atoms with van der Waals surface area (Å²) < 4.78 is 16.0. The van der Waals surface area contributed by atoms with Gasteiger partial charge in [0, 0.05) is 6.04 Å². The molecule has 1 aromatic heterocycles. The topological polar surface area (TPSA) is 20.7 Å². The van der Waals surface area contributed by atoms with Gasteiger partial charge in [0.1, 0.15) is 5.82 Å². The maximum Gasteiger partial charge on any atom is 0.178 e. The van der Waals surface area contributed by atoms with Gasteiger partial charge in [-0.1, -0.05) is 20.3 Å². The Morgan fingerprint density at radius 2 is 2.18 bits per heavy atom. The number of nitrogens with zero attached hydrogens (tertiary/aromatic N) is 1. The SMILES string of the molecule is CCCC(CC)n1c(=S)[nH]c2cc(F)ccc21. The molecule has 2 nitrogen and oxygen atoms in total. The summed E-state index contributed by atoms with van der Waals surface area (Å²) in [7, 11) is 0. The van der Waals surface area contributed by atoms with Crippen molar-refractivity contribution in [1.29, 1.82) is 0 Å². The number of imidazole rings is 1. The molecule has 0 fully saturated rings. The highest BCUT2D eigenvalue weighted by atomic mass is 32.1. The van der Waals surface area contributed by atoms with Crippen molar-refractivity contribution in [3.05, 3.63) is 28.8 Å². The first-order valence-electron chi connectivity index (χ1n) is 6.07. The van der Waals surface area contributed by atoms with Crippen LogP contribution in [0.4, 0.5) is 4.39 Å². The fraction of sp³-hybridized carbons (Fsp3) is 0.462. The average molecular weight is 252 g/mol. The van der Waals surface area contributed by atoms with Crippen LogP contribution in [0.1, 0.15) is 39.2 Å². The fourth-order valence-corrected chi connectivity index (χ4v) is 2.67. The molecule has 0 spiro atoms. The van der Waals surface area contributed by atoms with Crippen LogP contribution in [0.5, 0.6) is 0 Å². The van der Waals surface area contributed by atoms with Gasteiger partial charge in [0.05, 0.1) is 11.0 Å². The lowest BCUT2D eigenvalue weighted by atomic mass is 10.1. The maximum absolute atomic E-state index is 13.1. The molecule has 0 amide bonds. The molecular weight excluding hydrogens is 235 g/mol. The summed E-state index contributed by atoms with van der Waals surface area (Å²) in [5.41, 5.74) is 1.78. The number of nitrogens with one attached hydrogen (secondary N) is 1. The van der Waals surface area contributed by atoms with E-state index in [0.717, 1.165) is 30.3 Å². The molecule has 0 aliphatic rings. The van der Waals surface area contributed by atoms with Crippen molar-refractivity contribution in [2.45, 2.75) is 39.2 Å². The van der Waals surface area contributed by atoms with Gasteiger partial charge in [-0.2, -0.15) is 0 Å². The molecule has 1 unspecified atom stereocenters. The highest BCUT2D eigenvalue weighted by Crippen LogP contribution is 2.25. The first-order valence-corrected chi connectivity index (χ1v) is 6.48. The second-order valence-electron chi connectivity index (χ2n) is 4.31. The van der Waals surface area contributed by atoms with Crippen molar-refractivity contribution in [2.75, 3.05) is 0 Å². The summed E-state index contributed by atoms with van der Waals surface area (Å²) in [6, 6.07) is 5.18. The number of rotatable bonds is 4. The van der Waals surface area contributed by atoms with E-state index >= 15 is 0 Å². The van der Waals surface area contributed by atoms with Crippen LogP contribution >= 0.6 is 12.2 Å². The minimum absolute atomic E-state index is 0.232. The minimum atomic E-state index is -0.232. The van der Waals surface area contributed by atoms with E-state index in [1.54, 1.807) is 6.07 Å². The summed E-state index contributed by atoms with van der Waals surface area (Å²) in [5, 5.41) is 0. The van der Waals surface area contributed by atoms with E-state index in [0.29, 0.717) is 10.8 Å². The molecule has 1 N–H and O–H groups in total. The molecule has 0 aliphatic heterocycles. The van der Waals surface area contributed by atoms with Crippen LogP contribution in [-0.2, 0) is 0 Å². The first-order chi connectivity index (χ1) is 8.17. The van der Waals surface area contributed by atoms with E-state index in [9.17, 15) is 4.39 Å². The number of benzene rings is 1. The lowest BCUT2D eigenvalue weighted by Gasteiger charge is -2.16. The van der Waals surface area contributed by atoms with E-state index in [-0.39, 0.29) is 5.82 Å². The first kappa shape index (κ1) is 12.3. The van der Waals surface area contributed by atoms with Crippen LogP contribution in [0.3, 0.4) is 0 Å². The van der Waals surface area contributed by atoms with Gasteiger partial charge in [-0.25, -0.2) is 4.39 Å². The zero-order valence-electron chi connectivity index (χ0n) is 10.2. The van der Waals surface area contributed by atoms with Gasteiger partial charge in [-0.3, -0.25) is 0 Å². The van der Waals surface area contributed by atoms with Crippen LogP contribution in [0.15, 0.2) is 18.2 Å². The monoisotopic (exact) mass is 252 g/mol. The molecule has 17 heavy (non-hydrogen) atoms. The van der Waals surface area contributed by atoms with Crippen molar-refractivity contribution < 1.29 is 4.39 Å². The number of hydrogen-bond acceptors (Lipinski definition) is 1. The zero-order chi connectivity index (χ0) is 12.4. The van der Waals surface area contributed by atoms with Crippen LogP contribution in [0.2, 0.25) is 0 Å². The van der Waals surface area contributed by atoms with Gasteiger partial charge in [-0.15, -0.1) is 0 Å². The Morgan fingerprint density at radius 3 is 2.82 bits per heavy atom. The Kier molecular flexibility index (Phi) is 3.62. The summed E-state index contributed by atoms with van der Waals surface area (Å²) in [6.07, 6.45) is 3.25. The Balaban J connectivity index is 2.59. The third-order valence-corrected chi connectivity index (χ3v) is 3.44. The molecule has 1 aromatic carbocycles. The lowest BCUT2D eigenvalue weighted by Crippen LogP contribution is -2.07. The summed E-state index contributed by atoms with van der Waals surface area (Å²) >= 11 is 5.34. The number of hydrogen-bond donors (Lipinski definition) is 1. The van der Waals surface area contributed by atoms with E-state index in [2.05, 4.69) is 23.4 Å². The van der Waals surface area contributed by atoms with E-state index in [1.807, 2.05) is 0 Å². The fourth-order valence-electron chi connectivity index (χ4n) is 2.31. The summed E-state index contributed by atoms with van der Waals surface area (Å²) in [6.45, 7) is 4.32. The summed E-state index contributed by atoms with van der Waals surface area (Å²) in [4.78, 5) is 3.08. The molecule has 0 bridgehead atoms. The lowest BCUT2D eigenvalue weighted by molar-refractivity contribution is 0.454. The van der Waals surface area contributed by atoms with E-state index in [1.165, 1.54) is 12.1 Å². The van der Waals surface area contributed by atoms with Crippen LogP contribution in [0, 0.1) is 10.6 Å². The van der Waals surface area contributed by atoms with Gasteiger partial charge in [0.2, 0.25) is 0 Å². The minimum Gasteiger partial charge on any atom is -0.330 e. The normalized spacial score (nSPS) is 13.1. The van der Waals surface area contributed by atoms with Crippen molar-refractivity contribution in [1.82, 2.24) is 9.55 Å².